The summed E-state index contributed by atoms with van der Waals surface area (Å²) in [7, 11) is 0. The van der Waals surface area contributed by atoms with E-state index in [1.165, 1.54) is 6.26 Å². The lowest BCUT2D eigenvalue weighted by Gasteiger charge is -2.26. The van der Waals surface area contributed by atoms with E-state index in [-0.39, 0.29) is 11.5 Å². The van der Waals surface area contributed by atoms with Crippen molar-refractivity contribution in [3.8, 4) is 11.5 Å². The van der Waals surface area contributed by atoms with E-state index >= 15 is 0 Å². The standard InChI is InChI=1S/C19H17NO6/c1-12-15(26-19(22)20-6-9-23-10-7-20)5-4-14-17(21)16(25-18(12)14)11-13-3-2-8-24-13/h2-5,8,11H,6-7,9-10H2,1H3/b16-11+. The number of fused-ring (bicyclic) bond motifs is 1. The molecule has 26 heavy (non-hydrogen) atoms. The Morgan fingerprint density at radius 1 is 1.23 bits per heavy atom. The molecule has 7 heteroatoms. The molecule has 0 aliphatic carbocycles. The van der Waals surface area contributed by atoms with Crippen LogP contribution in [0.5, 0.6) is 11.5 Å². The van der Waals surface area contributed by atoms with E-state index in [4.69, 9.17) is 18.6 Å². The molecule has 0 spiro atoms. The molecule has 3 heterocycles. The Hall–Kier alpha value is -3.06. The lowest BCUT2D eigenvalue weighted by Crippen LogP contribution is -2.42. The van der Waals surface area contributed by atoms with Gasteiger partial charge in [0.05, 0.1) is 25.0 Å². The van der Waals surface area contributed by atoms with E-state index in [2.05, 4.69) is 0 Å². The van der Waals surface area contributed by atoms with Gasteiger partial charge in [0.1, 0.15) is 17.3 Å². The molecule has 0 saturated carbocycles. The number of allylic oxidation sites excluding steroid dienone is 1. The lowest BCUT2D eigenvalue weighted by atomic mass is 10.1. The summed E-state index contributed by atoms with van der Waals surface area (Å²) in [5.41, 5.74) is 1.03. The quantitative estimate of drug-likeness (QED) is 0.771. The van der Waals surface area contributed by atoms with E-state index in [1.807, 2.05) is 0 Å². The Morgan fingerprint density at radius 2 is 2.04 bits per heavy atom. The average Bonchev–Trinajstić information content (AvgIpc) is 3.28. The van der Waals surface area contributed by atoms with Crippen LogP contribution < -0.4 is 9.47 Å². The van der Waals surface area contributed by atoms with Gasteiger partial charge >= 0.3 is 6.09 Å². The second kappa shape index (κ2) is 6.68. The van der Waals surface area contributed by atoms with E-state index < -0.39 is 6.09 Å². The van der Waals surface area contributed by atoms with Gasteiger partial charge in [-0.15, -0.1) is 0 Å². The Morgan fingerprint density at radius 3 is 2.77 bits per heavy atom. The first-order chi connectivity index (χ1) is 12.6. The lowest BCUT2D eigenvalue weighted by molar-refractivity contribution is 0.0415. The van der Waals surface area contributed by atoms with Crippen LogP contribution in [0.2, 0.25) is 0 Å². The molecule has 2 aromatic rings. The number of amides is 1. The van der Waals surface area contributed by atoms with Crippen LogP contribution in [0, 0.1) is 6.92 Å². The number of ketones is 1. The minimum Gasteiger partial charge on any atom is -0.465 e. The van der Waals surface area contributed by atoms with Gasteiger partial charge in [-0.1, -0.05) is 0 Å². The summed E-state index contributed by atoms with van der Waals surface area (Å²) in [5, 5.41) is 0. The smallest absolute Gasteiger partial charge is 0.415 e. The zero-order valence-corrected chi connectivity index (χ0v) is 14.2. The highest BCUT2D eigenvalue weighted by Crippen LogP contribution is 2.39. The molecule has 2 aliphatic heterocycles. The van der Waals surface area contributed by atoms with Crippen molar-refractivity contribution >= 4 is 18.0 Å². The number of nitrogens with zero attached hydrogens (tertiary/aromatic N) is 1. The molecule has 2 aliphatic rings. The van der Waals surface area contributed by atoms with Crippen molar-refractivity contribution in [1.82, 2.24) is 4.90 Å². The van der Waals surface area contributed by atoms with E-state index in [0.29, 0.717) is 54.7 Å². The highest BCUT2D eigenvalue weighted by Gasteiger charge is 2.31. The summed E-state index contributed by atoms with van der Waals surface area (Å²) < 4.78 is 21.7. The monoisotopic (exact) mass is 355 g/mol. The zero-order valence-electron chi connectivity index (χ0n) is 14.2. The first-order valence-corrected chi connectivity index (χ1v) is 8.29. The Labute approximate surface area is 149 Å². The predicted molar refractivity (Wildman–Crippen MR) is 91.2 cm³/mol. The normalized spacial score (nSPS) is 18.0. The van der Waals surface area contributed by atoms with Crippen molar-refractivity contribution in [3.05, 3.63) is 53.2 Å². The van der Waals surface area contributed by atoms with Crippen LogP contribution in [0.1, 0.15) is 21.7 Å². The van der Waals surface area contributed by atoms with Crippen LogP contribution in [0.15, 0.2) is 40.7 Å². The number of hydrogen-bond donors (Lipinski definition) is 0. The molecule has 0 radical (unpaired) electrons. The van der Waals surface area contributed by atoms with Gasteiger partial charge < -0.3 is 23.5 Å². The van der Waals surface area contributed by atoms with Gasteiger partial charge in [0.15, 0.2) is 5.76 Å². The van der Waals surface area contributed by atoms with E-state index in [0.717, 1.165) is 0 Å². The number of rotatable bonds is 2. The summed E-state index contributed by atoms with van der Waals surface area (Å²) in [4.78, 5) is 26.4. The summed E-state index contributed by atoms with van der Waals surface area (Å²) >= 11 is 0. The molecule has 0 atom stereocenters. The third-order valence-electron chi connectivity index (χ3n) is 4.32. The Kier molecular flexibility index (Phi) is 4.22. The maximum atomic E-state index is 12.5. The molecule has 4 rings (SSSR count). The highest BCUT2D eigenvalue weighted by atomic mass is 16.6. The van der Waals surface area contributed by atoms with Crippen molar-refractivity contribution in [3.63, 3.8) is 0 Å². The van der Waals surface area contributed by atoms with Gasteiger partial charge in [-0.2, -0.15) is 0 Å². The minimum atomic E-state index is -0.438. The number of hydrogen-bond acceptors (Lipinski definition) is 6. The average molecular weight is 355 g/mol. The van der Waals surface area contributed by atoms with Gasteiger partial charge in [0.25, 0.3) is 0 Å². The van der Waals surface area contributed by atoms with E-state index in [9.17, 15) is 9.59 Å². The Balaban J connectivity index is 1.57. The van der Waals surface area contributed by atoms with Crippen molar-refractivity contribution in [1.29, 1.82) is 0 Å². The molecule has 1 aromatic heterocycles. The van der Waals surface area contributed by atoms with E-state index in [1.54, 1.807) is 42.2 Å². The van der Waals surface area contributed by atoms with Gasteiger partial charge in [0.2, 0.25) is 5.78 Å². The molecule has 7 nitrogen and oxygen atoms in total. The van der Waals surface area contributed by atoms with Crippen molar-refractivity contribution in [2.45, 2.75) is 6.92 Å². The Bertz CT molecular complexity index is 878. The third-order valence-corrected chi connectivity index (χ3v) is 4.32. The number of carbonyl (C=O) groups is 2. The number of benzene rings is 1. The van der Waals surface area contributed by atoms with Crippen LogP contribution in [0.4, 0.5) is 4.79 Å². The number of morpholine rings is 1. The fourth-order valence-corrected chi connectivity index (χ4v) is 2.89. The molecular weight excluding hydrogens is 338 g/mol. The number of Topliss-reactive ketones (excluding diaryl/α,β-unsaturated/α-hetero) is 1. The van der Waals surface area contributed by atoms with Crippen LogP contribution in [0.3, 0.4) is 0 Å². The molecule has 134 valence electrons. The van der Waals surface area contributed by atoms with Crippen LogP contribution in [-0.4, -0.2) is 43.1 Å². The number of furan rings is 1. The van der Waals surface area contributed by atoms with Gasteiger partial charge in [-0.3, -0.25) is 4.79 Å². The second-order valence-electron chi connectivity index (χ2n) is 5.99. The summed E-state index contributed by atoms with van der Waals surface area (Å²) in [6, 6.07) is 6.68. The van der Waals surface area contributed by atoms with Crippen LogP contribution in [0.25, 0.3) is 6.08 Å². The molecule has 0 unspecified atom stereocenters. The van der Waals surface area contributed by atoms with Crippen LogP contribution in [-0.2, 0) is 4.74 Å². The first kappa shape index (κ1) is 16.4. The highest BCUT2D eigenvalue weighted by molar-refractivity contribution is 6.14. The largest absolute Gasteiger partial charge is 0.465 e. The summed E-state index contributed by atoms with van der Waals surface area (Å²) in [6.07, 6.45) is 2.63. The number of carbonyl (C=O) groups excluding carboxylic acids is 2. The molecule has 0 N–H and O–H groups in total. The van der Waals surface area contributed by atoms with Crippen molar-refractivity contribution in [2.75, 3.05) is 26.3 Å². The predicted octanol–water partition coefficient (Wildman–Crippen LogP) is 3.04. The van der Waals surface area contributed by atoms with Crippen molar-refractivity contribution < 1.29 is 28.2 Å². The fraction of sp³-hybridized carbons (Fsp3) is 0.263. The second-order valence-corrected chi connectivity index (χ2v) is 5.99. The van der Waals surface area contributed by atoms with Gasteiger partial charge in [-0.05, 0) is 31.2 Å². The summed E-state index contributed by atoms with van der Waals surface area (Å²) in [6.45, 7) is 3.74. The molecule has 0 bridgehead atoms. The minimum absolute atomic E-state index is 0.176. The zero-order chi connectivity index (χ0) is 18.1. The maximum Gasteiger partial charge on any atom is 0.415 e. The van der Waals surface area contributed by atoms with Crippen molar-refractivity contribution in [2.24, 2.45) is 0 Å². The summed E-state index contributed by atoms with van der Waals surface area (Å²) in [5.74, 6) is 1.24. The van der Waals surface area contributed by atoms with Gasteiger partial charge in [-0.25, -0.2) is 4.79 Å². The molecule has 1 amide bonds. The first-order valence-electron chi connectivity index (χ1n) is 8.29. The molecular formula is C19H17NO6. The SMILES string of the molecule is Cc1c(OC(=O)N2CCOCC2)ccc2c1O/C(=C/c1ccco1)C2=O. The number of ether oxygens (including phenoxy) is 3. The topological polar surface area (TPSA) is 78.2 Å². The van der Waals surface area contributed by atoms with Gasteiger partial charge in [0, 0.05) is 24.7 Å². The molecule has 1 aromatic carbocycles. The van der Waals surface area contributed by atoms with Crippen LogP contribution >= 0.6 is 0 Å². The molecule has 1 fully saturated rings. The molecule has 1 saturated heterocycles. The maximum absolute atomic E-state index is 12.5. The fourth-order valence-electron chi connectivity index (χ4n) is 2.89. The third kappa shape index (κ3) is 2.97.